The van der Waals surface area contributed by atoms with Gasteiger partial charge in [0.2, 0.25) is 5.95 Å². The lowest BCUT2D eigenvalue weighted by atomic mass is 10.1. The van der Waals surface area contributed by atoms with Crippen molar-refractivity contribution in [2.24, 2.45) is 7.05 Å². The highest BCUT2D eigenvalue weighted by Crippen LogP contribution is 2.29. The fourth-order valence-electron chi connectivity index (χ4n) is 2.61. The van der Waals surface area contributed by atoms with Crippen molar-refractivity contribution in [2.45, 2.75) is 24.5 Å². The highest BCUT2D eigenvalue weighted by molar-refractivity contribution is 5.71. The molecule has 3 heterocycles. The highest BCUT2D eigenvalue weighted by atomic mass is 16.6. The Kier molecular flexibility index (Phi) is 3.29. The van der Waals surface area contributed by atoms with E-state index >= 15 is 0 Å². The molecule has 0 saturated carbocycles. The lowest BCUT2D eigenvalue weighted by Gasteiger charge is -2.15. The second-order valence-corrected chi connectivity index (χ2v) is 5.06. The molecule has 0 amide bonds. The van der Waals surface area contributed by atoms with Gasteiger partial charge in [0.05, 0.1) is 6.61 Å². The Morgan fingerprint density at radius 2 is 2.05 bits per heavy atom. The zero-order valence-corrected chi connectivity index (χ0v) is 11.5. The van der Waals surface area contributed by atoms with Crippen LogP contribution in [0, 0.1) is 0 Å². The first-order chi connectivity index (χ1) is 10.4. The maximum absolute atomic E-state index is 12.3. The summed E-state index contributed by atoms with van der Waals surface area (Å²) < 4.78 is 7.28. The third-order valence-corrected chi connectivity index (χ3v) is 3.72. The number of imidazole rings is 1. The Morgan fingerprint density at radius 3 is 2.64 bits per heavy atom. The lowest BCUT2D eigenvalue weighted by molar-refractivity contribution is -0.0527. The Bertz CT molecular complexity index is 838. The number of aromatic amines is 1. The molecule has 1 saturated heterocycles. The third-order valence-electron chi connectivity index (χ3n) is 3.72. The molecule has 0 aromatic carbocycles. The van der Waals surface area contributed by atoms with Crippen molar-refractivity contribution in [3.05, 3.63) is 20.8 Å². The third kappa shape index (κ3) is 1.87. The van der Waals surface area contributed by atoms with Crippen LogP contribution in [0.4, 0.5) is 5.95 Å². The molecule has 2 aromatic heterocycles. The predicted molar refractivity (Wildman–Crippen MR) is 73.0 cm³/mol. The van der Waals surface area contributed by atoms with Crippen LogP contribution in [0.2, 0.25) is 0 Å². The second-order valence-electron chi connectivity index (χ2n) is 5.06. The quantitative estimate of drug-likeness (QED) is 0.382. The van der Waals surface area contributed by atoms with Gasteiger partial charge >= 0.3 is 5.69 Å². The summed E-state index contributed by atoms with van der Waals surface area (Å²) in [7, 11) is 1.36. The summed E-state index contributed by atoms with van der Waals surface area (Å²) in [6, 6.07) is 0. The number of aryl methyl sites for hydroxylation is 1. The minimum Gasteiger partial charge on any atom is -0.394 e. The Balaban J connectivity index is 2.26. The standard InChI is InChI=1S/C11H15N5O6/c1-15-4-7(13-10(12)14-8(4)20)16(11(15)21)9-6(19)5(18)3(2-17)22-9/h3,5-6,9,17-19H,2H2,1H3,(H3,12,13,14,20)/t3-,5+,6-,9+/m0/s1. The SMILES string of the molecule is Cn1c(=O)n([C@@H]2O[C@@H](CO)[C@@H](O)[C@@H]2O)c2nc(N)[nH]c(=O)c21. The second kappa shape index (κ2) is 4.91. The van der Waals surface area contributed by atoms with Gasteiger partial charge in [-0.05, 0) is 0 Å². The fourth-order valence-corrected chi connectivity index (χ4v) is 2.61. The molecule has 0 unspecified atom stereocenters. The molecule has 0 radical (unpaired) electrons. The van der Waals surface area contributed by atoms with E-state index in [2.05, 4.69) is 9.97 Å². The van der Waals surface area contributed by atoms with E-state index in [0.717, 1.165) is 9.13 Å². The van der Waals surface area contributed by atoms with Crippen molar-refractivity contribution in [1.29, 1.82) is 0 Å². The molecule has 6 N–H and O–H groups in total. The van der Waals surface area contributed by atoms with E-state index in [1.165, 1.54) is 7.05 Å². The smallest absolute Gasteiger partial charge is 0.332 e. The zero-order valence-electron chi connectivity index (χ0n) is 11.5. The molecule has 120 valence electrons. The summed E-state index contributed by atoms with van der Waals surface area (Å²) in [6.07, 6.45) is -5.20. The van der Waals surface area contributed by atoms with Crippen LogP contribution in [0.5, 0.6) is 0 Å². The van der Waals surface area contributed by atoms with Crippen LogP contribution < -0.4 is 17.0 Å². The predicted octanol–water partition coefficient (Wildman–Crippen LogP) is -3.38. The van der Waals surface area contributed by atoms with Crippen molar-refractivity contribution in [3.8, 4) is 0 Å². The molecular weight excluding hydrogens is 298 g/mol. The maximum atomic E-state index is 12.3. The van der Waals surface area contributed by atoms with Crippen LogP contribution in [0.3, 0.4) is 0 Å². The van der Waals surface area contributed by atoms with Crippen LogP contribution in [0.25, 0.3) is 11.2 Å². The fraction of sp³-hybridized carbons (Fsp3) is 0.545. The van der Waals surface area contributed by atoms with Crippen LogP contribution in [0.15, 0.2) is 9.59 Å². The number of rotatable bonds is 2. The molecule has 0 spiro atoms. The normalized spacial score (nSPS) is 28.5. The van der Waals surface area contributed by atoms with E-state index in [0.29, 0.717) is 0 Å². The van der Waals surface area contributed by atoms with Crippen molar-refractivity contribution >= 4 is 17.1 Å². The Morgan fingerprint density at radius 1 is 1.36 bits per heavy atom. The van der Waals surface area contributed by atoms with Gasteiger partial charge in [0.15, 0.2) is 17.4 Å². The molecular formula is C11H15N5O6. The van der Waals surface area contributed by atoms with E-state index in [9.17, 15) is 19.8 Å². The molecule has 0 bridgehead atoms. The van der Waals surface area contributed by atoms with Crippen molar-refractivity contribution in [1.82, 2.24) is 19.1 Å². The number of nitrogens with one attached hydrogen (secondary N) is 1. The molecule has 1 aliphatic rings. The molecule has 11 heteroatoms. The van der Waals surface area contributed by atoms with Crippen LogP contribution in [-0.4, -0.2) is 59.3 Å². The van der Waals surface area contributed by atoms with Gasteiger partial charge < -0.3 is 25.8 Å². The summed E-state index contributed by atoms with van der Waals surface area (Å²) in [4.78, 5) is 30.4. The number of aliphatic hydroxyl groups is 3. The first-order valence-electron chi connectivity index (χ1n) is 6.46. The first-order valence-corrected chi connectivity index (χ1v) is 6.46. The number of anilines is 1. The van der Waals surface area contributed by atoms with Crippen LogP contribution >= 0.6 is 0 Å². The molecule has 2 aromatic rings. The maximum Gasteiger partial charge on any atom is 0.332 e. The van der Waals surface area contributed by atoms with E-state index in [-0.39, 0.29) is 17.1 Å². The van der Waals surface area contributed by atoms with Gasteiger partial charge in [-0.2, -0.15) is 4.98 Å². The number of hydrogen-bond acceptors (Lipinski definition) is 8. The largest absolute Gasteiger partial charge is 0.394 e. The molecule has 4 atom stereocenters. The average molecular weight is 313 g/mol. The van der Waals surface area contributed by atoms with Crippen molar-refractivity contribution in [2.75, 3.05) is 12.3 Å². The number of fused-ring (bicyclic) bond motifs is 1. The zero-order chi connectivity index (χ0) is 16.2. The van der Waals surface area contributed by atoms with E-state index in [1.54, 1.807) is 0 Å². The first kappa shape index (κ1) is 14.7. The molecule has 1 fully saturated rings. The average Bonchev–Trinajstić information content (AvgIpc) is 2.87. The number of nitrogens with zero attached hydrogens (tertiary/aromatic N) is 3. The molecule has 11 nitrogen and oxygen atoms in total. The highest BCUT2D eigenvalue weighted by Gasteiger charge is 2.45. The summed E-state index contributed by atoms with van der Waals surface area (Å²) in [5.74, 6) is -0.205. The van der Waals surface area contributed by atoms with Gasteiger partial charge in [0, 0.05) is 7.05 Å². The monoisotopic (exact) mass is 313 g/mol. The summed E-state index contributed by atoms with van der Waals surface area (Å²) in [5.41, 5.74) is 4.07. The number of H-pyrrole nitrogens is 1. The molecule has 0 aliphatic carbocycles. The summed E-state index contributed by atoms with van der Waals surface area (Å²) >= 11 is 0. The molecule has 1 aliphatic heterocycles. The Hall–Kier alpha value is -2.21. The van der Waals surface area contributed by atoms with Crippen LogP contribution in [0.1, 0.15) is 6.23 Å². The number of nitrogen functional groups attached to an aromatic ring is 1. The number of aliphatic hydroxyl groups excluding tert-OH is 3. The minimum atomic E-state index is -1.47. The topological polar surface area (TPSA) is 169 Å². The number of nitrogens with two attached hydrogens (primary N) is 1. The Labute approximate surface area is 122 Å². The number of ether oxygens (including phenoxy) is 1. The van der Waals surface area contributed by atoms with Gasteiger partial charge in [-0.1, -0.05) is 0 Å². The molecule has 3 rings (SSSR count). The minimum absolute atomic E-state index is 0.0445. The van der Waals surface area contributed by atoms with E-state index in [4.69, 9.17) is 15.6 Å². The number of aromatic nitrogens is 4. The summed E-state index contributed by atoms with van der Waals surface area (Å²) in [5, 5.41) is 29.0. The number of hydrogen-bond donors (Lipinski definition) is 5. The van der Waals surface area contributed by atoms with E-state index < -0.39 is 42.4 Å². The van der Waals surface area contributed by atoms with Gasteiger partial charge in [0.1, 0.15) is 18.3 Å². The van der Waals surface area contributed by atoms with Crippen molar-refractivity contribution in [3.63, 3.8) is 0 Å². The van der Waals surface area contributed by atoms with E-state index in [1.807, 2.05) is 0 Å². The van der Waals surface area contributed by atoms with Gasteiger partial charge in [-0.25, -0.2) is 9.36 Å². The van der Waals surface area contributed by atoms with Crippen molar-refractivity contribution < 1.29 is 20.1 Å². The van der Waals surface area contributed by atoms with Gasteiger partial charge in [0.25, 0.3) is 5.56 Å². The van der Waals surface area contributed by atoms with Crippen LogP contribution in [-0.2, 0) is 11.8 Å². The van der Waals surface area contributed by atoms with Gasteiger partial charge in [-0.15, -0.1) is 0 Å². The lowest BCUT2D eigenvalue weighted by Crippen LogP contribution is -2.35. The summed E-state index contributed by atoms with van der Waals surface area (Å²) in [6.45, 7) is -0.537. The van der Waals surface area contributed by atoms with Gasteiger partial charge in [-0.3, -0.25) is 14.3 Å². The molecule has 22 heavy (non-hydrogen) atoms.